The van der Waals surface area contributed by atoms with Crippen molar-refractivity contribution in [2.75, 3.05) is 27.2 Å². The summed E-state index contributed by atoms with van der Waals surface area (Å²) in [5, 5.41) is 3.78. The molecule has 1 aromatic carbocycles. The van der Waals surface area contributed by atoms with Crippen molar-refractivity contribution in [1.29, 1.82) is 0 Å². The lowest BCUT2D eigenvalue weighted by Gasteiger charge is -2.45. The molecular formula is C19H30N2O. The first-order valence-corrected chi connectivity index (χ1v) is 8.76. The van der Waals surface area contributed by atoms with Crippen LogP contribution in [0, 0.1) is 6.92 Å². The quantitative estimate of drug-likeness (QED) is 0.918. The van der Waals surface area contributed by atoms with E-state index in [0.29, 0.717) is 6.04 Å². The number of aryl methyl sites for hydroxylation is 1. The maximum absolute atomic E-state index is 6.55. The molecule has 122 valence electrons. The summed E-state index contributed by atoms with van der Waals surface area (Å²) in [7, 11) is 4.26. The molecule has 1 aliphatic carbocycles. The lowest BCUT2D eigenvalue weighted by atomic mass is 9.77. The van der Waals surface area contributed by atoms with Crippen LogP contribution in [-0.2, 0) is 0 Å². The van der Waals surface area contributed by atoms with Crippen LogP contribution >= 0.6 is 0 Å². The lowest BCUT2D eigenvalue weighted by molar-refractivity contribution is -0.00280. The zero-order valence-corrected chi connectivity index (χ0v) is 14.3. The number of benzene rings is 1. The maximum Gasteiger partial charge on any atom is 0.125 e. The number of nitrogens with one attached hydrogen (secondary N) is 1. The van der Waals surface area contributed by atoms with Gasteiger partial charge in [-0.15, -0.1) is 0 Å². The first-order valence-electron chi connectivity index (χ1n) is 8.76. The highest BCUT2D eigenvalue weighted by Gasteiger charge is 2.41. The number of nitrogens with zero attached hydrogens (tertiary/aromatic N) is 1. The molecule has 0 amide bonds. The van der Waals surface area contributed by atoms with Crippen LogP contribution in [0.25, 0.3) is 0 Å². The summed E-state index contributed by atoms with van der Waals surface area (Å²) < 4.78 is 6.55. The molecule has 1 N–H and O–H groups in total. The molecule has 1 atom stereocenters. The minimum Gasteiger partial charge on any atom is -0.487 e. The van der Waals surface area contributed by atoms with E-state index >= 15 is 0 Å². The average molecular weight is 302 g/mol. The Bertz CT molecular complexity index is 506. The average Bonchev–Trinajstić information content (AvgIpc) is 2.47. The van der Waals surface area contributed by atoms with Gasteiger partial charge in [0.15, 0.2) is 0 Å². The van der Waals surface area contributed by atoms with Gasteiger partial charge in [-0.05, 0) is 58.3 Å². The Morgan fingerprint density at radius 2 is 2.00 bits per heavy atom. The Balaban J connectivity index is 1.81. The van der Waals surface area contributed by atoms with E-state index in [0.717, 1.165) is 25.3 Å². The second-order valence-electron chi connectivity index (χ2n) is 7.40. The number of hydrogen-bond acceptors (Lipinski definition) is 3. The standard InChI is InChI=1S/C19H30N2O/c1-15-7-8-16-17(20-11-12-21(2)3)14-19(22-18(16)13-15)9-5-4-6-10-19/h7-8,13,17,20H,4-6,9-12,14H2,1-3H3. The maximum atomic E-state index is 6.55. The lowest BCUT2D eigenvalue weighted by Crippen LogP contribution is -2.46. The Hall–Kier alpha value is -1.06. The zero-order valence-electron chi connectivity index (χ0n) is 14.3. The molecule has 1 aliphatic heterocycles. The summed E-state index contributed by atoms with van der Waals surface area (Å²) in [6, 6.07) is 7.13. The summed E-state index contributed by atoms with van der Waals surface area (Å²) in [6.45, 7) is 4.26. The largest absolute Gasteiger partial charge is 0.487 e. The minimum absolute atomic E-state index is 0.0782. The van der Waals surface area contributed by atoms with Gasteiger partial charge >= 0.3 is 0 Å². The number of ether oxygens (including phenoxy) is 1. The summed E-state index contributed by atoms with van der Waals surface area (Å²) >= 11 is 0. The van der Waals surface area contributed by atoms with Gasteiger partial charge in [0.2, 0.25) is 0 Å². The summed E-state index contributed by atoms with van der Waals surface area (Å²) in [6.07, 6.45) is 7.54. The molecule has 1 aromatic rings. The van der Waals surface area contributed by atoms with E-state index in [1.54, 1.807) is 0 Å². The number of rotatable bonds is 4. The third kappa shape index (κ3) is 3.47. The van der Waals surface area contributed by atoms with Crippen molar-refractivity contribution in [3.05, 3.63) is 29.3 Å². The molecule has 3 rings (SSSR count). The Labute approximate surface area is 135 Å². The third-order valence-corrected chi connectivity index (χ3v) is 5.16. The zero-order chi connectivity index (χ0) is 15.6. The molecule has 1 fully saturated rings. The van der Waals surface area contributed by atoms with Gasteiger partial charge in [0.25, 0.3) is 0 Å². The van der Waals surface area contributed by atoms with Gasteiger partial charge in [0, 0.05) is 31.1 Å². The van der Waals surface area contributed by atoms with Crippen LogP contribution in [0.15, 0.2) is 18.2 Å². The van der Waals surface area contributed by atoms with Gasteiger partial charge < -0.3 is 15.0 Å². The highest BCUT2D eigenvalue weighted by Crippen LogP contribution is 2.46. The van der Waals surface area contributed by atoms with Gasteiger partial charge in [0.1, 0.15) is 11.4 Å². The third-order valence-electron chi connectivity index (χ3n) is 5.16. The molecule has 0 aromatic heterocycles. The molecule has 0 saturated heterocycles. The predicted octanol–water partition coefficient (Wildman–Crippen LogP) is 3.67. The van der Waals surface area contributed by atoms with Crippen molar-refractivity contribution in [2.45, 2.75) is 57.1 Å². The molecule has 3 heteroatoms. The molecule has 1 saturated carbocycles. The van der Waals surface area contributed by atoms with Gasteiger partial charge in [0.05, 0.1) is 0 Å². The van der Waals surface area contributed by atoms with E-state index in [1.807, 2.05) is 0 Å². The molecule has 1 unspecified atom stereocenters. The highest BCUT2D eigenvalue weighted by atomic mass is 16.5. The van der Waals surface area contributed by atoms with E-state index in [-0.39, 0.29) is 5.60 Å². The fraction of sp³-hybridized carbons (Fsp3) is 0.684. The predicted molar refractivity (Wildman–Crippen MR) is 91.5 cm³/mol. The van der Waals surface area contributed by atoms with Crippen molar-refractivity contribution in [1.82, 2.24) is 10.2 Å². The van der Waals surface area contributed by atoms with Crippen molar-refractivity contribution in [2.24, 2.45) is 0 Å². The Morgan fingerprint density at radius 1 is 1.23 bits per heavy atom. The smallest absolute Gasteiger partial charge is 0.125 e. The number of hydrogen-bond donors (Lipinski definition) is 1. The number of fused-ring (bicyclic) bond motifs is 1. The van der Waals surface area contributed by atoms with Crippen LogP contribution in [0.2, 0.25) is 0 Å². The molecule has 0 radical (unpaired) electrons. The van der Waals surface area contributed by atoms with Crippen LogP contribution in [0.1, 0.15) is 55.7 Å². The van der Waals surface area contributed by atoms with Gasteiger partial charge in [-0.25, -0.2) is 0 Å². The first kappa shape index (κ1) is 15.8. The Morgan fingerprint density at radius 3 is 2.73 bits per heavy atom. The normalized spacial score (nSPS) is 23.4. The summed E-state index contributed by atoms with van der Waals surface area (Å²) in [5.74, 6) is 1.12. The van der Waals surface area contributed by atoms with Crippen LogP contribution in [0.5, 0.6) is 5.75 Å². The molecule has 1 heterocycles. The van der Waals surface area contributed by atoms with Crippen LogP contribution in [-0.4, -0.2) is 37.7 Å². The van der Waals surface area contributed by atoms with Crippen LogP contribution < -0.4 is 10.1 Å². The molecule has 1 spiro atoms. The van der Waals surface area contributed by atoms with Crippen molar-refractivity contribution in [3.8, 4) is 5.75 Å². The Kier molecular flexibility index (Phi) is 4.74. The van der Waals surface area contributed by atoms with Gasteiger partial charge in [-0.2, -0.15) is 0 Å². The molecule has 0 bridgehead atoms. The molecule has 2 aliphatic rings. The highest BCUT2D eigenvalue weighted by molar-refractivity contribution is 5.42. The molecule has 3 nitrogen and oxygen atoms in total. The van der Waals surface area contributed by atoms with E-state index in [1.165, 1.54) is 43.2 Å². The van der Waals surface area contributed by atoms with Crippen LogP contribution in [0.4, 0.5) is 0 Å². The summed E-state index contributed by atoms with van der Waals surface area (Å²) in [5.41, 5.74) is 2.72. The van der Waals surface area contributed by atoms with E-state index < -0.39 is 0 Å². The first-order chi connectivity index (χ1) is 10.6. The van der Waals surface area contributed by atoms with Crippen molar-refractivity contribution < 1.29 is 4.74 Å². The van der Waals surface area contributed by atoms with E-state index in [2.05, 4.69) is 49.4 Å². The SMILES string of the molecule is Cc1ccc2c(c1)OC1(CCCCC1)CC2NCCN(C)C. The van der Waals surface area contributed by atoms with Gasteiger partial charge in [-0.3, -0.25) is 0 Å². The minimum atomic E-state index is 0.0782. The van der Waals surface area contributed by atoms with E-state index in [9.17, 15) is 0 Å². The topological polar surface area (TPSA) is 24.5 Å². The van der Waals surface area contributed by atoms with E-state index in [4.69, 9.17) is 4.74 Å². The summed E-state index contributed by atoms with van der Waals surface area (Å²) in [4.78, 5) is 2.23. The second-order valence-corrected chi connectivity index (χ2v) is 7.40. The van der Waals surface area contributed by atoms with Crippen molar-refractivity contribution in [3.63, 3.8) is 0 Å². The van der Waals surface area contributed by atoms with Gasteiger partial charge in [-0.1, -0.05) is 18.6 Å². The second kappa shape index (κ2) is 6.59. The monoisotopic (exact) mass is 302 g/mol. The fourth-order valence-corrected chi connectivity index (χ4v) is 3.92. The van der Waals surface area contributed by atoms with Crippen molar-refractivity contribution >= 4 is 0 Å². The molecule has 22 heavy (non-hydrogen) atoms. The molecular weight excluding hydrogens is 272 g/mol. The fourth-order valence-electron chi connectivity index (χ4n) is 3.92. The van der Waals surface area contributed by atoms with Crippen LogP contribution in [0.3, 0.4) is 0 Å². The number of likely N-dealkylation sites (N-methyl/N-ethyl adjacent to an activating group) is 1.